The molecule has 0 bridgehead atoms. The van der Waals surface area contributed by atoms with Crippen molar-refractivity contribution in [2.75, 3.05) is 0 Å². The maximum absolute atomic E-state index is 13.1. The van der Waals surface area contributed by atoms with Crippen LogP contribution in [0, 0.1) is 13.8 Å². The van der Waals surface area contributed by atoms with Crippen LogP contribution in [0.5, 0.6) is 0 Å². The second-order valence-electron chi connectivity index (χ2n) is 7.09. The number of alkyl halides is 1. The van der Waals surface area contributed by atoms with Crippen molar-refractivity contribution in [2.24, 2.45) is 0 Å². The highest BCUT2D eigenvalue weighted by atomic mass is 35.5. The Morgan fingerprint density at radius 1 is 1.07 bits per heavy atom. The van der Waals surface area contributed by atoms with Crippen LogP contribution >= 0.6 is 11.6 Å². The molecule has 1 aliphatic heterocycles. The van der Waals surface area contributed by atoms with Crippen LogP contribution in [-0.4, -0.2) is 43.8 Å². The van der Waals surface area contributed by atoms with Crippen LogP contribution in [0.1, 0.15) is 39.6 Å². The summed E-state index contributed by atoms with van der Waals surface area (Å²) in [6.45, 7) is 3.39. The molecule has 28 heavy (non-hydrogen) atoms. The zero-order valence-electron chi connectivity index (χ0n) is 15.4. The van der Waals surface area contributed by atoms with Gasteiger partial charge in [-0.25, -0.2) is 0 Å². The number of Topliss-reactive ketones (excluding diaryl/α,β-unsaturated/α-hetero) is 2. The maximum Gasteiger partial charge on any atom is 0.249 e. The molecule has 2 aromatic carbocycles. The molecule has 1 saturated heterocycles. The lowest BCUT2D eigenvalue weighted by Crippen LogP contribution is -2.51. The van der Waals surface area contributed by atoms with E-state index in [1.165, 1.54) is 6.07 Å². The molecule has 3 rings (SSSR count). The number of halogens is 1. The molecule has 148 valence electrons. The summed E-state index contributed by atoms with van der Waals surface area (Å²) in [4.78, 5) is 26.0. The van der Waals surface area contributed by atoms with Gasteiger partial charge in [0.2, 0.25) is 5.25 Å². The van der Waals surface area contributed by atoms with Gasteiger partial charge < -0.3 is 20.1 Å². The van der Waals surface area contributed by atoms with Crippen LogP contribution < -0.4 is 0 Å². The van der Waals surface area contributed by atoms with Gasteiger partial charge in [0.05, 0.1) is 6.42 Å². The van der Waals surface area contributed by atoms with E-state index in [0.29, 0.717) is 16.7 Å². The van der Waals surface area contributed by atoms with Crippen molar-refractivity contribution in [2.45, 2.75) is 43.3 Å². The SMILES string of the molecule is Cc1ccccc1C(=O)[C@@]1(O)CC(O)(Cl)O[C@H]1C(=O)C(O)c1ccccc1C. The molecule has 0 aliphatic carbocycles. The van der Waals surface area contributed by atoms with Crippen LogP contribution in [0.15, 0.2) is 48.5 Å². The van der Waals surface area contributed by atoms with Crippen molar-refractivity contribution >= 4 is 23.2 Å². The van der Waals surface area contributed by atoms with Crippen molar-refractivity contribution in [3.8, 4) is 0 Å². The number of hydrogen-bond donors (Lipinski definition) is 3. The van der Waals surface area contributed by atoms with E-state index in [4.69, 9.17) is 16.3 Å². The predicted molar refractivity (Wildman–Crippen MR) is 102 cm³/mol. The Labute approximate surface area is 167 Å². The first-order valence-electron chi connectivity index (χ1n) is 8.76. The maximum atomic E-state index is 13.1. The van der Waals surface area contributed by atoms with E-state index in [0.717, 1.165) is 0 Å². The van der Waals surface area contributed by atoms with Crippen LogP contribution in [0.2, 0.25) is 0 Å². The van der Waals surface area contributed by atoms with E-state index in [1.54, 1.807) is 56.3 Å². The third-order valence-corrected chi connectivity index (χ3v) is 5.24. The van der Waals surface area contributed by atoms with Gasteiger partial charge in [0.25, 0.3) is 0 Å². The highest BCUT2D eigenvalue weighted by Gasteiger charge is 2.62. The molecule has 0 radical (unpaired) electrons. The first-order valence-corrected chi connectivity index (χ1v) is 9.14. The molecule has 2 aromatic rings. The molecule has 0 spiro atoms. The average Bonchev–Trinajstić information content (AvgIpc) is 2.91. The number of hydrogen-bond acceptors (Lipinski definition) is 6. The number of aliphatic hydroxyl groups is 3. The molecule has 1 fully saturated rings. The van der Waals surface area contributed by atoms with E-state index < -0.39 is 41.0 Å². The molecule has 1 heterocycles. The molecule has 0 aromatic heterocycles. The molecule has 3 N–H and O–H groups in total. The molecule has 4 atom stereocenters. The van der Waals surface area contributed by atoms with Gasteiger partial charge in [-0.3, -0.25) is 9.59 Å². The number of aryl methyl sites for hydroxylation is 2. The lowest BCUT2D eigenvalue weighted by molar-refractivity contribution is -0.164. The summed E-state index contributed by atoms with van der Waals surface area (Å²) in [5, 5.41) is 29.4. The van der Waals surface area contributed by atoms with Crippen molar-refractivity contribution < 1.29 is 29.6 Å². The first-order chi connectivity index (χ1) is 13.1. The fourth-order valence-electron chi connectivity index (χ4n) is 3.49. The monoisotopic (exact) mass is 404 g/mol. The van der Waals surface area contributed by atoms with Crippen LogP contribution in [-0.2, 0) is 9.53 Å². The Kier molecular flexibility index (Phi) is 5.44. The Bertz CT molecular complexity index is 925. The predicted octanol–water partition coefficient (Wildman–Crippen LogP) is 2.19. The number of ketones is 2. The molecule has 0 saturated carbocycles. The number of carbonyl (C=O) groups excluding carboxylic acids is 2. The Morgan fingerprint density at radius 3 is 2.25 bits per heavy atom. The van der Waals surface area contributed by atoms with Crippen molar-refractivity contribution in [1.82, 2.24) is 0 Å². The fourth-order valence-corrected chi connectivity index (χ4v) is 3.78. The molecule has 6 nitrogen and oxygen atoms in total. The topological polar surface area (TPSA) is 104 Å². The van der Waals surface area contributed by atoms with Gasteiger partial charge >= 0.3 is 0 Å². The summed E-state index contributed by atoms with van der Waals surface area (Å²) < 4.78 is 5.13. The van der Waals surface area contributed by atoms with E-state index in [9.17, 15) is 24.9 Å². The van der Waals surface area contributed by atoms with Gasteiger partial charge in [-0.1, -0.05) is 60.1 Å². The highest BCUT2D eigenvalue weighted by molar-refractivity contribution is 6.23. The van der Waals surface area contributed by atoms with Crippen LogP contribution in [0.25, 0.3) is 0 Å². The Morgan fingerprint density at radius 2 is 1.64 bits per heavy atom. The summed E-state index contributed by atoms with van der Waals surface area (Å²) in [6, 6.07) is 13.2. The average molecular weight is 405 g/mol. The van der Waals surface area contributed by atoms with Crippen molar-refractivity contribution in [3.63, 3.8) is 0 Å². The zero-order valence-corrected chi connectivity index (χ0v) is 16.2. The van der Waals surface area contributed by atoms with Gasteiger partial charge in [0.15, 0.2) is 23.3 Å². The molecular weight excluding hydrogens is 384 g/mol. The Balaban J connectivity index is 2.00. The van der Waals surface area contributed by atoms with Gasteiger partial charge in [-0.05, 0) is 30.5 Å². The minimum absolute atomic E-state index is 0.172. The smallest absolute Gasteiger partial charge is 0.249 e. The molecule has 2 unspecified atom stereocenters. The largest absolute Gasteiger partial charge is 0.380 e. The van der Waals surface area contributed by atoms with E-state index in [2.05, 4.69) is 0 Å². The van der Waals surface area contributed by atoms with Gasteiger partial charge in [0, 0.05) is 5.56 Å². The summed E-state index contributed by atoms with van der Waals surface area (Å²) in [5.74, 6) is -1.77. The number of aliphatic hydroxyl groups excluding tert-OH is 1. The fraction of sp³-hybridized carbons (Fsp3) is 0.333. The van der Waals surface area contributed by atoms with Gasteiger partial charge in [-0.15, -0.1) is 0 Å². The Hall–Kier alpha value is -2.09. The van der Waals surface area contributed by atoms with Crippen LogP contribution in [0.4, 0.5) is 0 Å². The number of benzene rings is 2. The third-order valence-electron chi connectivity index (χ3n) is 5.01. The number of ether oxygens (including phenoxy) is 1. The summed E-state index contributed by atoms with van der Waals surface area (Å²) in [7, 11) is 0. The summed E-state index contributed by atoms with van der Waals surface area (Å²) in [5.41, 5.74) is -0.714. The van der Waals surface area contributed by atoms with Gasteiger partial charge in [-0.2, -0.15) is 0 Å². The third kappa shape index (κ3) is 3.62. The number of carbonyl (C=O) groups is 2. The normalized spacial score (nSPS) is 28.1. The van der Waals surface area contributed by atoms with Crippen LogP contribution in [0.3, 0.4) is 0 Å². The van der Waals surface area contributed by atoms with E-state index in [1.807, 2.05) is 0 Å². The molecule has 7 heteroatoms. The quantitative estimate of drug-likeness (QED) is 0.521. The minimum atomic E-state index is -2.43. The zero-order chi connectivity index (χ0) is 20.7. The first kappa shape index (κ1) is 20.6. The minimum Gasteiger partial charge on any atom is -0.380 e. The summed E-state index contributed by atoms with van der Waals surface area (Å²) in [6.07, 6.45) is -4.21. The lowest BCUT2D eigenvalue weighted by Gasteiger charge is -2.27. The molecular formula is C21H21ClO6. The van der Waals surface area contributed by atoms with E-state index in [-0.39, 0.29) is 5.56 Å². The number of rotatable bonds is 5. The second-order valence-corrected chi connectivity index (χ2v) is 7.68. The second kappa shape index (κ2) is 7.39. The molecule has 0 amide bonds. The lowest BCUT2D eigenvalue weighted by atomic mass is 9.81. The van der Waals surface area contributed by atoms with Crippen molar-refractivity contribution in [1.29, 1.82) is 0 Å². The van der Waals surface area contributed by atoms with Crippen molar-refractivity contribution in [3.05, 3.63) is 70.8 Å². The highest BCUT2D eigenvalue weighted by Crippen LogP contribution is 2.43. The summed E-state index contributed by atoms with van der Waals surface area (Å²) >= 11 is 5.83. The van der Waals surface area contributed by atoms with E-state index >= 15 is 0 Å². The molecule has 1 aliphatic rings. The van der Waals surface area contributed by atoms with Gasteiger partial charge in [0.1, 0.15) is 6.10 Å². The standard InChI is InChI=1S/C21H21ClO6/c1-12-7-3-5-9-14(12)16(23)17(24)19-20(26,11-21(22,27)28-19)18(25)15-10-6-4-8-13(15)2/h3-10,16,19,23,26-27H,11H2,1-2H3/t16?,19-,20-,21?/m0/s1.